The van der Waals surface area contributed by atoms with E-state index in [0.717, 1.165) is 11.3 Å². The molecular weight excluding hydrogens is 216 g/mol. The van der Waals surface area contributed by atoms with Crippen molar-refractivity contribution in [3.05, 3.63) is 48.8 Å². The van der Waals surface area contributed by atoms with Gasteiger partial charge in [0.2, 0.25) is 5.95 Å². The van der Waals surface area contributed by atoms with Gasteiger partial charge in [-0.25, -0.2) is 10.1 Å². The van der Waals surface area contributed by atoms with Gasteiger partial charge < -0.3 is 10.1 Å². The number of hydrogen-bond acceptors (Lipinski definition) is 4. The molecule has 0 aliphatic heterocycles. The number of rotatable bonds is 6. The van der Waals surface area contributed by atoms with Crippen LogP contribution in [0.3, 0.4) is 0 Å². The molecule has 0 fully saturated rings. The summed E-state index contributed by atoms with van der Waals surface area (Å²) in [5.74, 6) is 1.49. The van der Waals surface area contributed by atoms with Gasteiger partial charge >= 0.3 is 0 Å². The van der Waals surface area contributed by atoms with Crippen molar-refractivity contribution in [3.63, 3.8) is 0 Å². The highest BCUT2D eigenvalue weighted by molar-refractivity contribution is 5.31. The van der Waals surface area contributed by atoms with Gasteiger partial charge in [0.1, 0.15) is 18.7 Å². The molecule has 17 heavy (non-hydrogen) atoms. The lowest BCUT2D eigenvalue weighted by molar-refractivity contribution is 0.363. The minimum atomic E-state index is 0.513. The summed E-state index contributed by atoms with van der Waals surface area (Å²) in [5, 5.41) is 9.62. The summed E-state index contributed by atoms with van der Waals surface area (Å²) >= 11 is 0. The zero-order valence-corrected chi connectivity index (χ0v) is 9.39. The van der Waals surface area contributed by atoms with Crippen molar-refractivity contribution in [1.82, 2.24) is 15.2 Å². The Kier molecular flexibility index (Phi) is 3.75. The number of aromatic amines is 1. The smallest absolute Gasteiger partial charge is 0.218 e. The molecule has 2 aromatic rings. The number of aromatic nitrogens is 3. The van der Waals surface area contributed by atoms with Crippen LogP contribution in [-0.4, -0.2) is 21.8 Å². The molecule has 1 aromatic heterocycles. The van der Waals surface area contributed by atoms with Crippen LogP contribution in [-0.2, 0) is 6.54 Å². The molecule has 0 unspecified atom stereocenters. The number of H-pyrrole nitrogens is 1. The summed E-state index contributed by atoms with van der Waals surface area (Å²) in [7, 11) is 0. The van der Waals surface area contributed by atoms with E-state index in [1.54, 1.807) is 6.08 Å². The maximum Gasteiger partial charge on any atom is 0.218 e. The molecule has 88 valence electrons. The lowest BCUT2D eigenvalue weighted by Crippen LogP contribution is -2.01. The third-order valence-electron chi connectivity index (χ3n) is 2.14. The Balaban J connectivity index is 1.93. The van der Waals surface area contributed by atoms with Crippen molar-refractivity contribution in [2.45, 2.75) is 6.54 Å². The fourth-order valence-corrected chi connectivity index (χ4v) is 1.38. The first kappa shape index (κ1) is 11.2. The lowest BCUT2D eigenvalue weighted by Gasteiger charge is -2.06. The van der Waals surface area contributed by atoms with Crippen LogP contribution in [0.5, 0.6) is 5.75 Å². The number of anilines is 1. The Hall–Kier alpha value is -2.30. The van der Waals surface area contributed by atoms with E-state index in [1.807, 2.05) is 24.3 Å². The molecule has 0 radical (unpaired) electrons. The molecule has 2 rings (SSSR count). The summed E-state index contributed by atoms with van der Waals surface area (Å²) in [6.07, 6.45) is 3.19. The van der Waals surface area contributed by atoms with E-state index in [-0.39, 0.29) is 0 Å². The average Bonchev–Trinajstić information content (AvgIpc) is 2.87. The second kappa shape index (κ2) is 5.69. The summed E-state index contributed by atoms with van der Waals surface area (Å²) in [6, 6.07) is 7.87. The molecule has 0 atom stereocenters. The van der Waals surface area contributed by atoms with E-state index in [0.29, 0.717) is 19.1 Å². The summed E-state index contributed by atoms with van der Waals surface area (Å²) in [5.41, 5.74) is 1.11. The lowest BCUT2D eigenvalue weighted by atomic mass is 10.2. The van der Waals surface area contributed by atoms with Crippen LogP contribution in [0.1, 0.15) is 5.56 Å². The Morgan fingerprint density at radius 3 is 3.18 bits per heavy atom. The Morgan fingerprint density at radius 1 is 1.47 bits per heavy atom. The molecule has 2 N–H and O–H groups in total. The Bertz CT molecular complexity index is 467. The first-order chi connectivity index (χ1) is 8.38. The highest BCUT2D eigenvalue weighted by Gasteiger charge is 1.98. The largest absolute Gasteiger partial charge is 0.490 e. The summed E-state index contributed by atoms with van der Waals surface area (Å²) < 4.78 is 5.45. The molecule has 0 aliphatic carbocycles. The van der Waals surface area contributed by atoms with Crippen LogP contribution >= 0.6 is 0 Å². The Morgan fingerprint density at radius 2 is 2.41 bits per heavy atom. The first-order valence-corrected chi connectivity index (χ1v) is 5.30. The third kappa shape index (κ3) is 3.34. The minimum Gasteiger partial charge on any atom is -0.490 e. The van der Waals surface area contributed by atoms with E-state index in [1.165, 1.54) is 6.33 Å². The van der Waals surface area contributed by atoms with Gasteiger partial charge in [0.25, 0.3) is 0 Å². The van der Waals surface area contributed by atoms with E-state index < -0.39 is 0 Å². The molecule has 0 bridgehead atoms. The van der Waals surface area contributed by atoms with Crippen molar-refractivity contribution < 1.29 is 4.74 Å². The average molecular weight is 230 g/mol. The molecule has 0 amide bonds. The van der Waals surface area contributed by atoms with Crippen molar-refractivity contribution in [2.75, 3.05) is 11.9 Å². The van der Waals surface area contributed by atoms with E-state index in [9.17, 15) is 0 Å². The fourth-order valence-electron chi connectivity index (χ4n) is 1.38. The normalized spacial score (nSPS) is 9.88. The number of benzene rings is 1. The fraction of sp³-hybridized carbons (Fsp3) is 0.167. The van der Waals surface area contributed by atoms with Crippen LogP contribution in [0.25, 0.3) is 0 Å². The van der Waals surface area contributed by atoms with Crippen LogP contribution in [0, 0.1) is 0 Å². The molecule has 0 aliphatic rings. The van der Waals surface area contributed by atoms with Crippen LogP contribution in [0.2, 0.25) is 0 Å². The van der Waals surface area contributed by atoms with Crippen molar-refractivity contribution in [1.29, 1.82) is 0 Å². The highest BCUT2D eigenvalue weighted by Crippen LogP contribution is 2.14. The third-order valence-corrected chi connectivity index (χ3v) is 2.14. The minimum absolute atomic E-state index is 0.513. The number of hydrogen-bond donors (Lipinski definition) is 2. The first-order valence-electron chi connectivity index (χ1n) is 5.30. The molecule has 0 spiro atoms. The second-order valence-corrected chi connectivity index (χ2v) is 3.43. The van der Waals surface area contributed by atoms with Gasteiger partial charge in [-0.1, -0.05) is 24.8 Å². The van der Waals surface area contributed by atoms with Crippen LogP contribution < -0.4 is 10.1 Å². The number of ether oxygens (including phenoxy) is 1. The zero-order valence-electron chi connectivity index (χ0n) is 9.39. The van der Waals surface area contributed by atoms with Gasteiger partial charge in [-0.3, -0.25) is 0 Å². The zero-order chi connectivity index (χ0) is 11.9. The monoisotopic (exact) mass is 230 g/mol. The number of nitrogens with zero attached hydrogens (tertiary/aromatic N) is 2. The molecular formula is C12H14N4O. The maximum atomic E-state index is 5.45. The van der Waals surface area contributed by atoms with Gasteiger partial charge in [0, 0.05) is 6.54 Å². The predicted octanol–water partition coefficient (Wildman–Crippen LogP) is 1.98. The van der Waals surface area contributed by atoms with Crippen molar-refractivity contribution >= 4 is 5.95 Å². The Labute approximate surface area is 99.5 Å². The maximum absolute atomic E-state index is 5.45. The molecule has 0 saturated heterocycles. The van der Waals surface area contributed by atoms with E-state index in [2.05, 4.69) is 27.1 Å². The van der Waals surface area contributed by atoms with Crippen molar-refractivity contribution in [2.24, 2.45) is 0 Å². The molecule has 5 heteroatoms. The molecule has 5 nitrogen and oxygen atoms in total. The number of nitrogens with one attached hydrogen (secondary N) is 2. The summed E-state index contributed by atoms with van der Waals surface area (Å²) in [6.45, 7) is 4.79. The van der Waals surface area contributed by atoms with Gasteiger partial charge in [0.05, 0.1) is 0 Å². The van der Waals surface area contributed by atoms with E-state index >= 15 is 0 Å². The molecule has 1 aromatic carbocycles. The SMILES string of the molecule is C=CCOc1cccc(CNc2ncn[nH]2)c1. The molecule has 1 heterocycles. The van der Waals surface area contributed by atoms with Gasteiger partial charge in [-0.2, -0.15) is 5.10 Å². The van der Waals surface area contributed by atoms with Crippen molar-refractivity contribution in [3.8, 4) is 5.75 Å². The van der Waals surface area contributed by atoms with Gasteiger partial charge in [0.15, 0.2) is 0 Å². The van der Waals surface area contributed by atoms with Crippen LogP contribution in [0.4, 0.5) is 5.95 Å². The summed E-state index contributed by atoms with van der Waals surface area (Å²) in [4.78, 5) is 3.98. The van der Waals surface area contributed by atoms with Gasteiger partial charge in [-0.05, 0) is 17.7 Å². The predicted molar refractivity (Wildman–Crippen MR) is 65.8 cm³/mol. The van der Waals surface area contributed by atoms with E-state index in [4.69, 9.17) is 4.74 Å². The quantitative estimate of drug-likeness (QED) is 0.745. The topological polar surface area (TPSA) is 62.8 Å². The molecule has 0 saturated carbocycles. The second-order valence-electron chi connectivity index (χ2n) is 3.43. The van der Waals surface area contributed by atoms with Crippen LogP contribution in [0.15, 0.2) is 43.2 Å². The standard InChI is InChI=1S/C12H14N4O/c1-2-6-17-11-5-3-4-10(7-11)8-13-12-14-9-15-16-12/h2-5,7,9H,1,6,8H2,(H2,13,14,15,16). The van der Waals surface area contributed by atoms with Gasteiger partial charge in [-0.15, -0.1) is 0 Å². The highest BCUT2D eigenvalue weighted by atomic mass is 16.5.